The van der Waals surface area contributed by atoms with Gasteiger partial charge in [-0.3, -0.25) is 10.3 Å². The van der Waals surface area contributed by atoms with Crippen molar-refractivity contribution < 1.29 is 9.53 Å². The lowest BCUT2D eigenvalue weighted by molar-refractivity contribution is 0.195. The summed E-state index contributed by atoms with van der Waals surface area (Å²) >= 11 is 0. The summed E-state index contributed by atoms with van der Waals surface area (Å²) in [6, 6.07) is 15.8. The van der Waals surface area contributed by atoms with E-state index in [2.05, 4.69) is 41.7 Å². The molecule has 2 aliphatic rings. The van der Waals surface area contributed by atoms with Crippen LogP contribution in [0.25, 0.3) is 0 Å². The van der Waals surface area contributed by atoms with Crippen LogP contribution in [0.1, 0.15) is 24.5 Å². The topological polar surface area (TPSA) is 56.8 Å². The van der Waals surface area contributed by atoms with Gasteiger partial charge in [0.15, 0.2) is 0 Å². The highest BCUT2D eigenvalue weighted by Crippen LogP contribution is 2.51. The molecule has 2 aromatic rings. The first kappa shape index (κ1) is 17.8. The summed E-state index contributed by atoms with van der Waals surface area (Å²) in [6.07, 6.45) is 0.936. The van der Waals surface area contributed by atoms with E-state index in [9.17, 15) is 4.79 Å². The van der Waals surface area contributed by atoms with Crippen LogP contribution in [-0.2, 0) is 12.0 Å². The maximum atomic E-state index is 12.1. The molecular formula is C21H26N4O2. The van der Waals surface area contributed by atoms with E-state index >= 15 is 0 Å². The summed E-state index contributed by atoms with van der Waals surface area (Å²) in [5.74, 6) is 0.567. The molecule has 6 heteroatoms. The summed E-state index contributed by atoms with van der Waals surface area (Å²) in [4.78, 5) is 16.8. The van der Waals surface area contributed by atoms with Crippen LogP contribution in [0.15, 0.2) is 48.5 Å². The van der Waals surface area contributed by atoms with E-state index in [1.165, 1.54) is 11.3 Å². The highest BCUT2D eigenvalue weighted by atomic mass is 16.6. The molecule has 0 spiro atoms. The molecule has 2 heterocycles. The Balaban J connectivity index is 1.41. The molecule has 2 aromatic carbocycles. The average molecular weight is 366 g/mol. The SMILES string of the molecule is CN1CC[C@@]2(C)c3cc(OC(=O)NNCc4ccccc4)ccc3N(C)C12. The first-order valence-corrected chi connectivity index (χ1v) is 9.31. The zero-order valence-electron chi connectivity index (χ0n) is 16.0. The molecule has 6 nitrogen and oxygen atoms in total. The van der Waals surface area contributed by atoms with Gasteiger partial charge in [0.2, 0.25) is 0 Å². The van der Waals surface area contributed by atoms with Gasteiger partial charge in [0, 0.05) is 31.2 Å². The fourth-order valence-corrected chi connectivity index (χ4v) is 4.57. The van der Waals surface area contributed by atoms with Gasteiger partial charge >= 0.3 is 6.09 Å². The van der Waals surface area contributed by atoms with Gasteiger partial charge in [0.1, 0.15) is 5.75 Å². The minimum Gasteiger partial charge on any atom is -0.409 e. The molecule has 1 amide bonds. The fraction of sp³-hybridized carbons (Fsp3) is 0.381. The van der Waals surface area contributed by atoms with E-state index in [1.807, 2.05) is 48.5 Å². The van der Waals surface area contributed by atoms with Crippen LogP contribution in [0.2, 0.25) is 0 Å². The number of anilines is 1. The van der Waals surface area contributed by atoms with Gasteiger partial charge in [0.25, 0.3) is 0 Å². The Kier molecular flexibility index (Phi) is 4.53. The average Bonchev–Trinajstić information content (AvgIpc) is 3.08. The molecule has 2 aliphatic heterocycles. The second kappa shape index (κ2) is 6.87. The predicted octanol–water partition coefficient (Wildman–Crippen LogP) is 2.85. The lowest BCUT2D eigenvalue weighted by Crippen LogP contribution is -2.45. The molecule has 0 bridgehead atoms. The van der Waals surface area contributed by atoms with Crippen LogP contribution >= 0.6 is 0 Å². The number of likely N-dealkylation sites (tertiary alicyclic amines) is 1. The van der Waals surface area contributed by atoms with Crippen molar-refractivity contribution in [3.05, 3.63) is 59.7 Å². The van der Waals surface area contributed by atoms with E-state index in [0.29, 0.717) is 18.5 Å². The largest absolute Gasteiger partial charge is 0.427 e. The van der Waals surface area contributed by atoms with Crippen molar-refractivity contribution in [1.82, 2.24) is 15.8 Å². The van der Waals surface area contributed by atoms with Gasteiger partial charge < -0.3 is 9.64 Å². The third-order valence-electron chi connectivity index (χ3n) is 5.84. The number of fused-ring (bicyclic) bond motifs is 3. The fourth-order valence-electron chi connectivity index (χ4n) is 4.57. The molecule has 1 saturated heterocycles. The molecule has 2 N–H and O–H groups in total. The first-order chi connectivity index (χ1) is 13.0. The zero-order valence-corrected chi connectivity index (χ0v) is 16.0. The third-order valence-corrected chi connectivity index (χ3v) is 5.84. The summed E-state index contributed by atoms with van der Waals surface area (Å²) in [5, 5.41) is 0. The number of nitrogens with one attached hydrogen (secondary N) is 2. The maximum absolute atomic E-state index is 12.1. The number of likely N-dealkylation sites (N-methyl/N-ethyl adjacent to an activating group) is 2. The van der Waals surface area contributed by atoms with Gasteiger partial charge in [-0.25, -0.2) is 10.2 Å². The summed E-state index contributed by atoms with van der Waals surface area (Å²) in [6.45, 7) is 3.91. The molecule has 1 fully saturated rings. The predicted molar refractivity (Wildman–Crippen MR) is 106 cm³/mol. The highest BCUT2D eigenvalue weighted by Gasteiger charge is 2.52. The Bertz CT molecular complexity index is 841. The molecule has 4 rings (SSSR count). The van der Waals surface area contributed by atoms with Gasteiger partial charge in [-0.15, -0.1) is 0 Å². The number of rotatable bonds is 4. The van der Waals surface area contributed by atoms with Crippen LogP contribution in [0.3, 0.4) is 0 Å². The molecule has 1 unspecified atom stereocenters. The van der Waals surface area contributed by atoms with Crippen molar-refractivity contribution >= 4 is 11.8 Å². The molecule has 0 radical (unpaired) electrons. The first-order valence-electron chi connectivity index (χ1n) is 9.31. The minimum absolute atomic E-state index is 0.0558. The Labute approximate surface area is 160 Å². The number of benzene rings is 2. The lowest BCUT2D eigenvalue weighted by Gasteiger charge is -2.32. The number of amides is 1. The van der Waals surface area contributed by atoms with Crippen molar-refractivity contribution in [3.8, 4) is 5.75 Å². The highest BCUT2D eigenvalue weighted by molar-refractivity contribution is 5.72. The lowest BCUT2D eigenvalue weighted by atomic mass is 9.81. The summed E-state index contributed by atoms with van der Waals surface area (Å²) in [5.41, 5.74) is 9.09. The minimum atomic E-state index is -0.512. The van der Waals surface area contributed by atoms with E-state index < -0.39 is 6.09 Å². The van der Waals surface area contributed by atoms with Crippen LogP contribution in [-0.4, -0.2) is 37.8 Å². The van der Waals surface area contributed by atoms with Gasteiger partial charge in [0.05, 0.1) is 6.17 Å². The quantitative estimate of drug-likeness (QED) is 0.815. The monoisotopic (exact) mass is 366 g/mol. The Morgan fingerprint density at radius 2 is 2.00 bits per heavy atom. The van der Waals surface area contributed by atoms with Crippen LogP contribution in [0.5, 0.6) is 5.75 Å². The molecule has 142 valence electrons. The number of carbonyl (C=O) groups is 1. The van der Waals surface area contributed by atoms with Crippen molar-refractivity contribution in [2.75, 3.05) is 25.5 Å². The standard InChI is InChI=1S/C21H26N4O2/c1-21-11-12-24(2)19(21)25(3)18-10-9-16(13-17(18)21)27-20(26)23-22-14-15-7-5-4-6-8-15/h4-10,13,19,22H,11-12,14H2,1-3H3,(H,23,26)/t19?,21-/m0/s1. The number of nitrogens with zero attached hydrogens (tertiary/aromatic N) is 2. The number of hydrogen-bond acceptors (Lipinski definition) is 5. The van der Waals surface area contributed by atoms with Gasteiger partial charge in [-0.1, -0.05) is 37.3 Å². The molecular weight excluding hydrogens is 340 g/mol. The normalized spacial score (nSPS) is 23.8. The van der Waals surface area contributed by atoms with Gasteiger partial charge in [-0.2, -0.15) is 0 Å². The van der Waals surface area contributed by atoms with Crippen LogP contribution in [0.4, 0.5) is 10.5 Å². The third kappa shape index (κ3) is 3.15. The second-order valence-electron chi connectivity index (χ2n) is 7.67. The molecule has 0 aliphatic carbocycles. The smallest absolute Gasteiger partial charge is 0.409 e. The Morgan fingerprint density at radius 1 is 1.22 bits per heavy atom. The number of hydrazine groups is 1. The second-order valence-corrected chi connectivity index (χ2v) is 7.67. The van der Waals surface area contributed by atoms with Crippen molar-refractivity contribution in [3.63, 3.8) is 0 Å². The Morgan fingerprint density at radius 3 is 2.78 bits per heavy atom. The van der Waals surface area contributed by atoms with E-state index in [4.69, 9.17) is 4.74 Å². The van der Waals surface area contributed by atoms with E-state index in [-0.39, 0.29) is 5.41 Å². The van der Waals surface area contributed by atoms with Gasteiger partial charge in [-0.05, 0) is 42.8 Å². The van der Waals surface area contributed by atoms with E-state index in [1.54, 1.807) is 0 Å². The maximum Gasteiger partial charge on any atom is 0.427 e. The van der Waals surface area contributed by atoms with Crippen molar-refractivity contribution in [2.24, 2.45) is 0 Å². The summed E-state index contributed by atoms with van der Waals surface area (Å²) in [7, 11) is 4.30. The molecule has 2 atom stereocenters. The van der Waals surface area contributed by atoms with Crippen LogP contribution in [0, 0.1) is 0 Å². The number of carbonyl (C=O) groups excluding carboxylic acids is 1. The van der Waals surface area contributed by atoms with Crippen molar-refractivity contribution in [2.45, 2.75) is 31.5 Å². The van der Waals surface area contributed by atoms with Crippen LogP contribution < -0.4 is 20.5 Å². The van der Waals surface area contributed by atoms with Crippen molar-refractivity contribution in [1.29, 1.82) is 0 Å². The zero-order chi connectivity index (χ0) is 19.0. The number of ether oxygens (including phenoxy) is 1. The molecule has 27 heavy (non-hydrogen) atoms. The summed E-state index contributed by atoms with van der Waals surface area (Å²) < 4.78 is 5.49. The van der Waals surface area contributed by atoms with E-state index in [0.717, 1.165) is 18.5 Å². The number of hydrogen-bond donors (Lipinski definition) is 2. The molecule has 0 saturated carbocycles. The Hall–Kier alpha value is -2.57. The molecule has 0 aromatic heterocycles.